The van der Waals surface area contributed by atoms with Gasteiger partial charge in [0.2, 0.25) is 0 Å². The number of nitrogens with zero attached hydrogens (tertiary/aromatic N) is 2. The van der Waals surface area contributed by atoms with Crippen LogP contribution in [-0.4, -0.2) is 23.8 Å². The summed E-state index contributed by atoms with van der Waals surface area (Å²) in [6.45, 7) is 0. The second-order valence-corrected chi connectivity index (χ2v) is 2.29. The summed E-state index contributed by atoms with van der Waals surface area (Å²) < 4.78 is 3.84. The highest BCUT2D eigenvalue weighted by atomic mass is 32.2. The van der Waals surface area contributed by atoms with E-state index in [1.165, 1.54) is 11.9 Å². The van der Waals surface area contributed by atoms with E-state index in [-0.39, 0.29) is 5.50 Å². The van der Waals surface area contributed by atoms with E-state index >= 15 is 0 Å². The van der Waals surface area contributed by atoms with Gasteiger partial charge in [0.15, 0.2) is 0 Å². The van der Waals surface area contributed by atoms with Crippen molar-refractivity contribution in [1.82, 2.24) is 4.90 Å². The van der Waals surface area contributed by atoms with Gasteiger partial charge in [-0.2, -0.15) is 0 Å². The van der Waals surface area contributed by atoms with Crippen molar-refractivity contribution in [3.8, 4) is 0 Å². The van der Waals surface area contributed by atoms with Crippen LogP contribution in [0.2, 0.25) is 0 Å². The normalized spacial score (nSPS) is 29.4. The van der Waals surface area contributed by atoms with Gasteiger partial charge in [0, 0.05) is 19.0 Å². The van der Waals surface area contributed by atoms with Crippen molar-refractivity contribution in [2.75, 3.05) is 7.05 Å². The summed E-state index contributed by atoms with van der Waals surface area (Å²) in [6, 6.07) is 0. The molecule has 3 nitrogen and oxygen atoms in total. The fourth-order valence-electron chi connectivity index (χ4n) is 0.304. The van der Waals surface area contributed by atoms with Crippen molar-refractivity contribution < 1.29 is 0 Å². The van der Waals surface area contributed by atoms with Crippen molar-refractivity contribution in [3.63, 3.8) is 0 Å². The molecule has 0 aromatic rings. The summed E-state index contributed by atoms with van der Waals surface area (Å²) in [4.78, 5) is 1.85. The summed E-state index contributed by atoms with van der Waals surface area (Å²) >= 11 is 1.38. The van der Waals surface area contributed by atoms with Gasteiger partial charge in [-0.05, 0) is 0 Å². The zero-order chi connectivity index (χ0) is 5.28. The van der Waals surface area contributed by atoms with Gasteiger partial charge in [-0.15, -0.1) is 0 Å². The maximum atomic E-state index is 5.44. The zero-order valence-electron chi connectivity index (χ0n) is 4.03. The average Bonchev–Trinajstić information content (AvgIpc) is 1.91. The number of hydrogen-bond acceptors (Lipinski definition) is 4. The van der Waals surface area contributed by atoms with Crippen LogP contribution in [0.25, 0.3) is 0 Å². The smallest absolute Gasteiger partial charge is 0.147 e. The zero-order valence-corrected chi connectivity index (χ0v) is 4.85. The summed E-state index contributed by atoms with van der Waals surface area (Å²) in [5.74, 6) is 0. The molecule has 0 bridgehead atoms. The van der Waals surface area contributed by atoms with E-state index in [4.69, 9.17) is 5.73 Å². The second kappa shape index (κ2) is 1.71. The lowest BCUT2D eigenvalue weighted by molar-refractivity contribution is 0.508. The highest BCUT2D eigenvalue weighted by Crippen LogP contribution is 2.13. The first kappa shape index (κ1) is 4.93. The van der Waals surface area contributed by atoms with E-state index in [2.05, 4.69) is 4.40 Å². The third-order valence-electron chi connectivity index (χ3n) is 0.800. The Hall–Kier alpha value is -0.220. The van der Waals surface area contributed by atoms with Gasteiger partial charge in [-0.3, -0.25) is 0 Å². The molecule has 7 heavy (non-hydrogen) atoms. The molecule has 0 saturated carbocycles. The summed E-state index contributed by atoms with van der Waals surface area (Å²) in [5, 5.41) is 0. The quantitative estimate of drug-likeness (QED) is 0.449. The minimum Gasteiger partial charge on any atom is -0.339 e. The first-order valence-electron chi connectivity index (χ1n) is 1.97. The van der Waals surface area contributed by atoms with E-state index in [9.17, 15) is 0 Å². The first-order valence-corrected chi connectivity index (χ1v) is 2.81. The summed E-state index contributed by atoms with van der Waals surface area (Å²) in [5.41, 5.74) is 5.48. The standard InChI is InChI=1S/C3H7N3S/c1-6-2-5-7-3(6)4/h2-3H,4H2,1H3. The molecule has 1 unspecified atom stereocenters. The molecule has 0 fully saturated rings. The Morgan fingerprint density at radius 2 is 2.71 bits per heavy atom. The molecule has 1 aliphatic heterocycles. The number of rotatable bonds is 0. The molecule has 1 atom stereocenters. The van der Waals surface area contributed by atoms with Gasteiger partial charge < -0.3 is 10.6 Å². The minimum atomic E-state index is 0.0417. The molecule has 1 aliphatic rings. The molecule has 0 aromatic carbocycles. The SMILES string of the molecule is CN1C=NSC1N. The maximum absolute atomic E-state index is 5.44. The Morgan fingerprint density at radius 1 is 2.00 bits per heavy atom. The molecular formula is C3H7N3S. The van der Waals surface area contributed by atoms with E-state index in [0.717, 1.165) is 0 Å². The molecule has 2 N–H and O–H groups in total. The lowest BCUT2D eigenvalue weighted by Crippen LogP contribution is -2.30. The van der Waals surface area contributed by atoms with Crippen molar-refractivity contribution in [1.29, 1.82) is 0 Å². The minimum absolute atomic E-state index is 0.0417. The monoisotopic (exact) mass is 117 g/mol. The van der Waals surface area contributed by atoms with Crippen LogP contribution < -0.4 is 5.73 Å². The Labute approximate surface area is 46.7 Å². The Morgan fingerprint density at radius 3 is 2.86 bits per heavy atom. The highest BCUT2D eigenvalue weighted by Gasteiger charge is 2.10. The summed E-state index contributed by atoms with van der Waals surface area (Å²) in [7, 11) is 1.90. The average molecular weight is 117 g/mol. The maximum Gasteiger partial charge on any atom is 0.147 e. The molecule has 1 rings (SSSR count). The van der Waals surface area contributed by atoms with Crippen LogP contribution in [0.15, 0.2) is 4.40 Å². The largest absolute Gasteiger partial charge is 0.339 e. The third kappa shape index (κ3) is 0.863. The predicted octanol–water partition coefficient (Wildman–Crippen LogP) is -0.149. The molecule has 0 radical (unpaired) electrons. The van der Waals surface area contributed by atoms with E-state index in [1.807, 2.05) is 11.9 Å². The number of nitrogens with two attached hydrogens (primary N) is 1. The molecule has 0 amide bonds. The van der Waals surface area contributed by atoms with Gasteiger partial charge in [0.1, 0.15) is 11.8 Å². The molecule has 0 spiro atoms. The van der Waals surface area contributed by atoms with E-state index < -0.39 is 0 Å². The topological polar surface area (TPSA) is 41.6 Å². The third-order valence-corrected chi connectivity index (χ3v) is 1.56. The Kier molecular flexibility index (Phi) is 1.21. The lowest BCUT2D eigenvalue weighted by Gasteiger charge is -2.10. The first-order chi connectivity index (χ1) is 3.30. The molecule has 1 heterocycles. The molecular weight excluding hydrogens is 110 g/mol. The van der Waals surface area contributed by atoms with Crippen LogP contribution in [0.4, 0.5) is 0 Å². The van der Waals surface area contributed by atoms with Gasteiger partial charge in [0.25, 0.3) is 0 Å². The van der Waals surface area contributed by atoms with Crippen LogP contribution >= 0.6 is 11.9 Å². The van der Waals surface area contributed by atoms with Gasteiger partial charge in [0.05, 0.1) is 0 Å². The van der Waals surface area contributed by atoms with Crippen molar-refractivity contribution in [2.45, 2.75) is 5.50 Å². The molecule has 0 aliphatic carbocycles. The van der Waals surface area contributed by atoms with Crippen LogP contribution in [0.1, 0.15) is 0 Å². The Bertz CT molecular complexity index is 92.2. The van der Waals surface area contributed by atoms with E-state index in [0.29, 0.717) is 0 Å². The predicted molar refractivity (Wildman–Crippen MR) is 31.8 cm³/mol. The lowest BCUT2D eigenvalue weighted by atomic mass is 10.9. The van der Waals surface area contributed by atoms with Gasteiger partial charge in [-0.1, -0.05) is 0 Å². The van der Waals surface area contributed by atoms with Crippen molar-refractivity contribution >= 4 is 18.3 Å². The van der Waals surface area contributed by atoms with Crippen LogP contribution in [-0.2, 0) is 0 Å². The molecule has 40 valence electrons. The molecule has 0 aromatic heterocycles. The second-order valence-electron chi connectivity index (χ2n) is 1.38. The van der Waals surface area contributed by atoms with Crippen LogP contribution in [0.5, 0.6) is 0 Å². The van der Waals surface area contributed by atoms with Gasteiger partial charge in [-0.25, -0.2) is 4.40 Å². The van der Waals surface area contributed by atoms with Crippen molar-refractivity contribution in [3.05, 3.63) is 0 Å². The summed E-state index contributed by atoms with van der Waals surface area (Å²) in [6.07, 6.45) is 1.72. The van der Waals surface area contributed by atoms with Crippen molar-refractivity contribution in [2.24, 2.45) is 10.1 Å². The van der Waals surface area contributed by atoms with E-state index in [1.54, 1.807) is 6.34 Å². The number of hydrogen-bond donors (Lipinski definition) is 1. The fraction of sp³-hybridized carbons (Fsp3) is 0.667. The fourth-order valence-corrected chi connectivity index (χ4v) is 0.835. The molecule has 4 heteroatoms. The van der Waals surface area contributed by atoms with Gasteiger partial charge >= 0.3 is 0 Å². The Balaban J connectivity index is 2.45. The molecule has 0 saturated heterocycles. The van der Waals surface area contributed by atoms with Crippen LogP contribution in [0, 0.1) is 0 Å². The van der Waals surface area contributed by atoms with Crippen LogP contribution in [0.3, 0.4) is 0 Å². The highest BCUT2D eigenvalue weighted by molar-refractivity contribution is 7.98.